The van der Waals surface area contributed by atoms with Gasteiger partial charge in [0.2, 0.25) is 0 Å². The molecule has 25 heavy (non-hydrogen) atoms. The Bertz CT molecular complexity index is 604. The number of rotatable bonds is 2. The van der Waals surface area contributed by atoms with Gasteiger partial charge in [0.1, 0.15) is 0 Å². The van der Waals surface area contributed by atoms with Crippen LogP contribution < -0.4 is 0 Å². The maximum absolute atomic E-state index is 11.8. The molecular weight excluding hydrogens is 324 g/mol. The number of carbonyl (C=O) groups is 1. The van der Waals surface area contributed by atoms with Gasteiger partial charge in [-0.2, -0.15) is 0 Å². The zero-order valence-corrected chi connectivity index (χ0v) is 17.9. The Kier molecular flexibility index (Phi) is 4.16. The molecule has 4 aliphatic carbocycles. The highest BCUT2D eigenvalue weighted by Crippen LogP contribution is 2.66. The van der Waals surface area contributed by atoms with E-state index in [2.05, 4.69) is 33.5 Å². The molecular formula is C22H36O2Si. The van der Waals surface area contributed by atoms with Gasteiger partial charge in [0, 0.05) is 6.42 Å². The van der Waals surface area contributed by atoms with E-state index in [0.717, 1.165) is 30.6 Å². The fourth-order valence-corrected chi connectivity index (χ4v) is 8.94. The number of hydrogen-bond donors (Lipinski definition) is 0. The molecule has 0 radical (unpaired) electrons. The summed E-state index contributed by atoms with van der Waals surface area (Å²) in [6.07, 6.45) is 11.7. The van der Waals surface area contributed by atoms with Gasteiger partial charge in [0.05, 0.1) is 5.60 Å². The Morgan fingerprint density at radius 2 is 1.76 bits per heavy atom. The van der Waals surface area contributed by atoms with Crippen molar-refractivity contribution in [2.45, 2.75) is 90.5 Å². The molecule has 2 nitrogen and oxygen atoms in total. The molecule has 3 heteroatoms. The zero-order valence-electron chi connectivity index (χ0n) is 16.9. The van der Waals surface area contributed by atoms with Gasteiger partial charge in [-0.25, -0.2) is 0 Å². The van der Waals surface area contributed by atoms with Crippen LogP contribution in [0.25, 0.3) is 0 Å². The van der Waals surface area contributed by atoms with E-state index < -0.39 is 8.32 Å². The predicted molar refractivity (Wildman–Crippen MR) is 105 cm³/mol. The molecule has 140 valence electrons. The molecule has 4 rings (SSSR count). The van der Waals surface area contributed by atoms with Crippen LogP contribution in [-0.4, -0.2) is 19.7 Å². The quantitative estimate of drug-likeness (QED) is 0.587. The maximum Gasteiger partial charge on any atom is 0.184 e. The summed E-state index contributed by atoms with van der Waals surface area (Å²) in [7, 11) is -1.54. The lowest BCUT2D eigenvalue weighted by Gasteiger charge is -2.57. The molecule has 6 atom stereocenters. The van der Waals surface area contributed by atoms with Crippen LogP contribution >= 0.6 is 0 Å². The van der Waals surface area contributed by atoms with E-state index in [1.807, 2.05) is 6.08 Å². The first-order valence-corrected chi connectivity index (χ1v) is 14.0. The average molecular weight is 361 g/mol. The first-order valence-electron chi connectivity index (χ1n) is 10.6. The van der Waals surface area contributed by atoms with Crippen molar-refractivity contribution in [3.8, 4) is 0 Å². The predicted octanol–water partition coefficient (Wildman–Crippen LogP) is 5.74. The van der Waals surface area contributed by atoms with E-state index in [4.69, 9.17) is 4.43 Å². The molecule has 0 aromatic heterocycles. The number of carbonyl (C=O) groups excluding carboxylic acids is 1. The van der Waals surface area contributed by atoms with Crippen molar-refractivity contribution in [3.63, 3.8) is 0 Å². The molecule has 0 saturated heterocycles. The van der Waals surface area contributed by atoms with Crippen molar-refractivity contribution in [1.29, 1.82) is 0 Å². The third-order valence-corrected chi connectivity index (χ3v) is 9.42. The summed E-state index contributed by atoms with van der Waals surface area (Å²) in [4.78, 5) is 11.8. The van der Waals surface area contributed by atoms with Crippen LogP contribution in [0.4, 0.5) is 0 Å². The van der Waals surface area contributed by atoms with Gasteiger partial charge in [0.25, 0.3) is 0 Å². The molecule has 0 aliphatic heterocycles. The van der Waals surface area contributed by atoms with Crippen LogP contribution in [0.15, 0.2) is 11.6 Å². The Balaban J connectivity index is 1.60. The van der Waals surface area contributed by atoms with E-state index in [0.29, 0.717) is 17.1 Å². The van der Waals surface area contributed by atoms with Gasteiger partial charge >= 0.3 is 0 Å². The van der Waals surface area contributed by atoms with E-state index in [-0.39, 0.29) is 5.60 Å². The fraction of sp³-hybridized carbons (Fsp3) is 0.864. The van der Waals surface area contributed by atoms with Crippen molar-refractivity contribution in [2.75, 3.05) is 0 Å². The van der Waals surface area contributed by atoms with Crippen LogP contribution in [0.1, 0.15) is 65.2 Å². The highest BCUT2D eigenvalue weighted by atomic mass is 28.4. The normalized spacial score (nSPS) is 46.9. The van der Waals surface area contributed by atoms with Crippen molar-refractivity contribution in [1.82, 2.24) is 0 Å². The summed E-state index contributed by atoms with van der Waals surface area (Å²) in [5.74, 6) is 3.61. The molecule has 0 aromatic rings. The lowest BCUT2D eigenvalue weighted by atomic mass is 9.51. The molecule has 0 heterocycles. The minimum Gasteiger partial charge on any atom is -0.412 e. The minimum atomic E-state index is -1.54. The van der Waals surface area contributed by atoms with Crippen LogP contribution in [0.5, 0.6) is 0 Å². The highest BCUT2D eigenvalue weighted by molar-refractivity contribution is 6.69. The SMILES string of the molecule is C[C@@]1(O[Si](C)(C)C)CC[C@@H]2[C@H]3CCC4=CC(=O)CC[C@H]4[C@@H]3CC[C@]21C. The second-order valence-electron chi connectivity index (χ2n) is 10.7. The second kappa shape index (κ2) is 5.79. The number of fused-ring (bicyclic) bond motifs is 5. The molecule has 0 spiro atoms. The van der Waals surface area contributed by atoms with E-state index in [9.17, 15) is 4.79 Å². The lowest BCUT2D eigenvalue weighted by Crippen LogP contribution is -2.55. The molecule has 3 fully saturated rings. The summed E-state index contributed by atoms with van der Waals surface area (Å²) in [5, 5.41) is 0. The van der Waals surface area contributed by atoms with Crippen LogP contribution in [0.3, 0.4) is 0 Å². The van der Waals surface area contributed by atoms with Gasteiger partial charge in [-0.15, -0.1) is 0 Å². The second-order valence-corrected chi connectivity index (χ2v) is 15.2. The monoisotopic (exact) mass is 360 g/mol. The largest absolute Gasteiger partial charge is 0.412 e. The highest BCUT2D eigenvalue weighted by Gasteiger charge is 2.62. The Morgan fingerprint density at radius 3 is 2.48 bits per heavy atom. The summed E-state index contributed by atoms with van der Waals surface area (Å²) >= 11 is 0. The van der Waals surface area contributed by atoms with Crippen molar-refractivity contribution >= 4 is 14.1 Å². The smallest absolute Gasteiger partial charge is 0.184 e. The molecule has 0 unspecified atom stereocenters. The number of allylic oxidation sites excluding steroid dienone is 1. The first kappa shape index (κ1) is 18.0. The van der Waals surface area contributed by atoms with Crippen molar-refractivity contribution < 1.29 is 9.22 Å². The van der Waals surface area contributed by atoms with Gasteiger partial charge in [-0.1, -0.05) is 12.5 Å². The molecule has 4 aliphatic rings. The van der Waals surface area contributed by atoms with Gasteiger partial charge in [-0.3, -0.25) is 4.79 Å². The maximum atomic E-state index is 11.8. The summed E-state index contributed by atoms with van der Waals surface area (Å²) < 4.78 is 6.84. The Labute approximate surface area is 154 Å². The number of hydrogen-bond acceptors (Lipinski definition) is 2. The lowest BCUT2D eigenvalue weighted by molar-refractivity contribution is -0.117. The minimum absolute atomic E-state index is 0.0752. The third kappa shape index (κ3) is 2.81. The van der Waals surface area contributed by atoms with Gasteiger partial charge < -0.3 is 4.43 Å². The molecule has 0 N–H and O–H groups in total. The van der Waals surface area contributed by atoms with E-state index in [1.54, 1.807) is 0 Å². The molecule has 0 aromatic carbocycles. The van der Waals surface area contributed by atoms with Crippen LogP contribution in [0, 0.1) is 29.1 Å². The number of ketones is 1. The zero-order chi connectivity index (χ0) is 18.0. The van der Waals surface area contributed by atoms with Crippen LogP contribution in [0.2, 0.25) is 19.6 Å². The summed E-state index contributed by atoms with van der Waals surface area (Å²) in [6, 6.07) is 0. The molecule has 0 bridgehead atoms. The summed E-state index contributed by atoms with van der Waals surface area (Å²) in [6.45, 7) is 12.0. The first-order chi connectivity index (χ1) is 11.6. The third-order valence-electron chi connectivity index (χ3n) is 8.36. The van der Waals surface area contributed by atoms with E-state index in [1.165, 1.54) is 44.1 Å². The van der Waals surface area contributed by atoms with Crippen molar-refractivity contribution in [2.24, 2.45) is 29.1 Å². The fourth-order valence-electron chi connectivity index (χ4n) is 7.25. The van der Waals surface area contributed by atoms with Crippen LogP contribution in [-0.2, 0) is 9.22 Å². The van der Waals surface area contributed by atoms with Gasteiger partial charge in [0.15, 0.2) is 14.1 Å². The molecule has 0 amide bonds. The average Bonchev–Trinajstić information content (AvgIpc) is 2.76. The standard InChI is InChI=1S/C22H36O2Si/c1-21-12-10-18-17-9-7-16(23)14-15(17)6-8-19(18)20(21)11-13-22(21,2)24-25(3,4)5/h14,17-20H,6-13H2,1-5H3/t17-,18+,19+,20-,21-,22-/m1/s1. The van der Waals surface area contributed by atoms with E-state index >= 15 is 0 Å². The summed E-state index contributed by atoms with van der Waals surface area (Å²) in [5.41, 5.74) is 1.92. The van der Waals surface area contributed by atoms with Gasteiger partial charge in [-0.05, 0) is 107 Å². The Hall–Kier alpha value is -0.413. The van der Waals surface area contributed by atoms with Crippen molar-refractivity contribution in [3.05, 3.63) is 11.6 Å². The Morgan fingerprint density at radius 1 is 1.00 bits per heavy atom. The molecule has 3 saturated carbocycles. The topological polar surface area (TPSA) is 26.3 Å².